The van der Waals surface area contributed by atoms with Gasteiger partial charge in [-0.25, -0.2) is 15.0 Å². The minimum absolute atomic E-state index is 0.0482. The van der Waals surface area contributed by atoms with Crippen molar-refractivity contribution in [1.29, 1.82) is 0 Å². The molecule has 2 aromatic carbocycles. The molecule has 9 nitrogen and oxygen atoms in total. The topological polar surface area (TPSA) is 120 Å². The quantitative estimate of drug-likeness (QED) is 0.244. The third-order valence-electron chi connectivity index (χ3n) is 5.66. The highest BCUT2D eigenvalue weighted by atomic mass is 32.1. The third kappa shape index (κ3) is 5.39. The number of anilines is 2. The minimum Gasteiger partial charge on any atom is -0.488 e. The number of nitrogens with two attached hydrogens (primary N) is 1. The van der Waals surface area contributed by atoms with Gasteiger partial charge in [0.2, 0.25) is 0 Å². The van der Waals surface area contributed by atoms with Gasteiger partial charge in [0.25, 0.3) is 0 Å². The largest absolute Gasteiger partial charge is 0.488 e. The molecule has 1 atom stereocenters. The van der Waals surface area contributed by atoms with Gasteiger partial charge in [-0.3, -0.25) is 4.99 Å². The number of benzene rings is 2. The van der Waals surface area contributed by atoms with Crippen LogP contribution in [0.15, 0.2) is 53.0 Å². The summed E-state index contributed by atoms with van der Waals surface area (Å²) < 4.78 is 12.9. The van der Waals surface area contributed by atoms with E-state index in [0.29, 0.717) is 17.1 Å². The monoisotopic (exact) mass is 505 g/mol. The van der Waals surface area contributed by atoms with Gasteiger partial charge < -0.3 is 25.8 Å². The number of fused-ring (bicyclic) bond motifs is 2. The highest BCUT2D eigenvalue weighted by Crippen LogP contribution is 2.36. The van der Waals surface area contributed by atoms with Crippen molar-refractivity contribution in [3.63, 3.8) is 0 Å². The molecule has 2 aromatic heterocycles. The van der Waals surface area contributed by atoms with Crippen molar-refractivity contribution < 1.29 is 9.47 Å². The highest BCUT2D eigenvalue weighted by Gasteiger charge is 2.21. The predicted octanol–water partition coefficient (Wildman–Crippen LogP) is 4.72. The van der Waals surface area contributed by atoms with E-state index in [1.54, 1.807) is 24.6 Å². The number of aromatic nitrogens is 3. The summed E-state index contributed by atoms with van der Waals surface area (Å²) in [6.07, 6.45) is 4.18. The molecule has 36 heavy (non-hydrogen) atoms. The molecule has 0 spiro atoms. The third-order valence-corrected chi connectivity index (χ3v) is 6.45. The SMILES string of the molecule is CC.CN=C/C(=C(\N)OC)c1cc(OC2CCNC2)c2c(Nc3ccc4ncsc4c3)ncnc2c1. The fraction of sp³-hybridized carbons (Fsp3) is 0.308. The molecule has 0 amide bonds. The number of hydrogen-bond donors (Lipinski definition) is 3. The molecule has 0 aliphatic carbocycles. The van der Waals surface area contributed by atoms with Gasteiger partial charge in [-0.15, -0.1) is 11.3 Å². The number of thiazole rings is 1. The van der Waals surface area contributed by atoms with Crippen LogP contribution in [-0.2, 0) is 4.74 Å². The van der Waals surface area contributed by atoms with Crippen LogP contribution in [-0.4, -0.2) is 54.5 Å². The molecule has 4 N–H and O–H groups in total. The van der Waals surface area contributed by atoms with Crippen LogP contribution in [0.2, 0.25) is 0 Å². The first-order chi connectivity index (χ1) is 17.7. The summed E-state index contributed by atoms with van der Waals surface area (Å²) in [6, 6.07) is 9.94. The molecular formula is C26H31N7O2S. The smallest absolute Gasteiger partial charge is 0.193 e. The summed E-state index contributed by atoms with van der Waals surface area (Å²) in [5.41, 5.74) is 12.0. The number of methoxy groups -OCH3 is 1. The summed E-state index contributed by atoms with van der Waals surface area (Å²) in [6.45, 7) is 5.70. The van der Waals surface area contributed by atoms with E-state index in [-0.39, 0.29) is 12.0 Å². The molecule has 1 aliphatic heterocycles. The van der Waals surface area contributed by atoms with Crippen LogP contribution < -0.4 is 21.1 Å². The van der Waals surface area contributed by atoms with Crippen LogP contribution in [0.3, 0.4) is 0 Å². The predicted molar refractivity (Wildman–Crippen MR) is 148 cm³/mol. The molecule has 0 saturated carbocycles. The zero-order valence-electron chi connectivity index (χ0n) is 20.9. The van der Waals surface area contributed by atoms with Crippen LogP contribution in [0.5, 0.6) is 5.75 Å². The lowest BCUT2D eigenvalue weighted by Gasteiger charge is -2.18. The Kier molecular flexibility index (Phi) is 8.29. The normalized spacial score (nSPS) is 16.1. The molecule has 10 heteroatoms. The van der Waals surface area contributed by atoms with Crippen molar-refractivity contribution in [1.82, 2.24) is 20.3 Å². The van der Waals surface area contributed by atoms with Crippen LogP contribution >= 0.6 is 11.3 Å². The Morgan fingerprint density at radius 2 is 2.06 bits per heavy atom. The van der Waals surface area contributed by atoms with Crippen molar-refractivity contribution in [2.24, 2.45) is 10.7 Å². The summed E-state index contributed by atoms with van der Waals surface area (Å²) in [5.74, 6) is 1.61. The molecule has 0 bridgehead atoms. The Labute approximate surface area is 214 Å². The van der Waals surface area contributed by atoms with Crippen LogP contribution in [0.25, 0.3) is 26.7 Å². The second-order valence-corrected chi connectivity index (χ2v) is 8.74. The van der Waals surface area contributed by atoms with E-state index < -0.39 is 0 Å². The van der Waals surface area contributed by atoms with E-state index in [1.165, 1.54) is 13.4 Å². The number of aliphatic imine (C=N–C) groups is 1. The molecule has 1 aliphatic rings. The van der Waals surface area contributed by atoms with Gasteiger partial charge in [-0.05, 0) is 48.9 Å². The van der Waals surface area contributed by atoms with Crippen molar-refractivity contribution in [3.8, 4) is 5.75 Å². The lowest BCUT2D eigenvalue weighted by Crippen LogP contribution is -2.20. The summed E-state index contributed by atoms with van der Waals surface area (Å²) >= 11 is 1.60. The number of allylic oxidation sites excluding steroid dienone is 1. The maximum Gasteiger partial charge on any atom is 0.193 e. The standard InChI is InChI=1S/C24H25N7O2S.C2H6/c1-26-11-17(23(25)32-2)14-7-19-22(20(8-14)33-16-5-6-27-10-16)24(29-12-28-19)31-15-3-4-18-21(9-15)34-13-30-18;1-2/h3-4,7-9,11-13,16,27H,5-6,10,25H2,1-2H3,(H,28,29,31);1-2H3/b23-17-,26-11?;. The molecule has 188 valence electrons. The first-order valence-electron chi connectivity index (χ1n) is 11.9. The molecule has 5 rings (SSSR count). The lowest BCUT2D eigenvalue weighted by molar-refractivity contribution is 0.226. The second kappa shape index (κ2) is 11.8. The average Bonchev–Trinajstić information content (AvgIpc) is 3.60. The molecule has 1 saturated heterocycles. The Morgan fingerprint density at radius 1 is 1.19 bits per heavy atom. The lowest BCUT2D eigenvalue weighted by atomic mass is 10.0. The highest BCUT2D eigenvalue weighted by molar-refractivity contribution is 7.16. The number of nitrogens with one attached hydrogen (secondary N) is 2. The molecule has 3 heterocycles. The minimum atomic E-state index is 0.0482. The molecule has 1 unspecified atom stereocenters. The van der Waals surface area contributed by atoms with E-state index in [9.17, 15) is 0 Å². The van der Waals surface area contributed by atoms with Gasteiger partial charge in [-0.2, -0.15) is 0 Å². The zero-order chi connectivity index (χ0) is 25.5. The van der Waals surface area contributed by atoms with Crippen LogP contribution in [0, 0.1) is 0 Å². The molecular weight excluding hydrogens is 474 g/mol. The summed E-state index contributed by atoms with van der Waals surface area (Å²) in [5, 5.41) is 7.59. The number of ether oxygens (including phenoxy) is 2. The summed E-state index contributed by atoms with van der Waals surface area (Å²) in [4.78, 5) is 17.6. The molecule has 4 aromatic rings. The van der Waals surface area contributed by atoms with Crippen LogP contribution in [0.4, 0.5) is 11.5 Å². The van der Waals surface area contributed by atoms with Crippen molar-refractivity contribution in [3.05, 3.63) is 53.6 Å². The first kappa shape index (κ1) is 25.3. The fourth-order valence-electron chi connectivity index (χ4n) is 3.99. The molecule has 1 fully saturated rings. The molecule has 0 radical (unpaired) electrons. The first-order valence-corrected chi connectivity index (χ1v) is 12.8. The van der Waals surface area contributed by atoms with E-state index >= 15 is 0 Å². The Balaban J connectivity index is 0.00000148. The van der Waals surface area contributed by atoms with Gasteiger partial charge in [0.05, 0.1) is 39.3 Å². The maximum atomic E-state index is 6.47. The Morgan fingerprint density at radius 3 is 2.81 bits per heavy atom. The van der Waals surface area contributed by atoms with Crippen molar-refractivity contribution in [2.75, 3.05) is 32.6 Å². The van der Waals surface area contributed by atoms with Gasteiger partial charge in [0.1, 0.15) is 24.0 Å². The second-order valence-electron chi connectivity index (χ2n) is 7.85. The van der Waals surface area contributed by atoms with Gasteiger partial charge in [0.15, 0.2) is 5.88 Å². The van der Waals surface area contributed by atoms with Gasteiger partial charge >= 0.3 is 0 Å². The Hall–Kier alpha value is -3.76. The van der Waals surface area contributed by atoms with Gasteiger partial charge in [0, 0.05) is 25.5 Å². The van der Waals surface area contributed by atoms with E-state index in [1.807, 2.05) is 43.6 Å². The van der Waals surface area contributed by atoms with Crippen molar-refractivity contribution >= 4 is 55.7 Å². The fourth-order valence-corrected chi connectivity index (χ4v) is 4.71. The average molecular weight is 506 g/mol. The Bertz CT molecular complexity index is 1390. The summed E-state index contributed by atoms with van der Waals surface area (Å²) in [7, 11) is 3.22. The van der Waals surface area contributed by atoms with Gasteiger partial charge in [-0.1, -0.05) is 13.8 Å². The van der Waals surface area contributed by atoms with E-state index in [2.05, 4.69) is 36.6 Å². The number of nitrogens with zero attached hydrogens (tertiary/aromatic N) is 4. The van der Waals surface area contributed by atoms with E-state index in [0.717, 1.165) is 51.9 Å². The van der Waals surface area contributed by atoms with Crippen LogP contribution in [0.1, 0.15) is 25.8 Å². The van der Waals surface area contributed by atoms with Crippen molar-refractivity contribution in [2.45, 2.75) is 26.4 Å². The van der Waals surface area contributed by atoms with E-state index in [4.69, 9.17) is 15.2 Å². The maximum absolute atomic E-state index is 6.47. The zero-order valence-corrected chi connectivity index (χ0v) is 21.7. The number of hydrogen-bond acceptors (Lipinski definition) is 10. The number of rotatable bonds is 7.